The maximum atomic E-state index is 11.6. The molecule has 2 atom stereocenters. The predicted molar refractivity (Wildman–Crippen MR) is 107 cm³/mol. The van der Waals surface area contributed by atoms with Gasteiger partial charge < -0.3 is 16.0 Å². The van der Waals surface area contributed by atoms with Gasteiger partial charge in [-0.15, -0.1) is 0 Å². The van der Waals surface area contributed by atoms with Crippen LogP contribution in [0, 0.1) is 28.9 Å². The van der Waals surface area contributed by atoms with E-state index in [2.05, 4.69) is 29.1 Å². The number of benzene rings is 1. The average Bonchev–Trinajstić information content (AvgIpc) is 2.59. The van der Waals surface area contributed by atoms with Crippen LogP contribution in [-0.2, 0) is 6.54 Å². The van der Waals surface area contributed by atoms with Crippen LogP contribution in [0.4, 0.5) is 23.3 Å². The molecule has 1 aromatic carbocycles. The molecule has 1 saturated heterocycles. The first kappa shape index (κ1) is 18.9. The molecule has 0 radical (unpaired) electrons. The van der Waals surface area contributed by atoms with E-state index >= 15 is 0 Å². The summed E-state index contributed by atoms with van der Waals surface area (Å²) in [7, 11) is 0. The van der Waals surface area contributed by atoms with E-state index in [0.717, 1.165) is 25.1 Å². The second-order valence-corrected chi connectivity index (χ2v) is 7.55. The number of hydrogen-bond acceptors (Lipinski definition) is 7. The van der Waals surface area contributed by atoms with Crippen molar-refractivity contribution in [2.75, 3.05) is 29.0 Å². The molecule has 3 rings (SSSR count). The SMILES string of the molecule is Cc1ccc(CNc2nc(N)c([N+](=O)[O-])c(N3C[C@H](C)C[C@@H](C)C3)n2)cc1. The van der Waals surface area contributed by atoms with E-state index in [4.69, 9.17) is 5.73 Å². The Hall–Kier alpha value is -2.90. The van der Waals surface area contributed by atoms with E-state index in [0.29, 0.717) is 30.1 Å². The van der Waals surface area contributed by atoms with E-state index in [1.54, 1.807) is 0 Å². The van der Waals surface area contributed by atoms with Crippen molar-refractivity contribution in [2.24, 2.45) is 11.8 Å². The van der Waals surface area contributed by atoms with Crippen molar-refractivity contribution in [3.8, 4) is 0 Å². The van der Waals surface area contributed by atoms with Crippen LogP contribution in [0.5, 0.6) is 0 Å². The molecular weight excluding hydrogens is 344 g/mol. The third-order valence-electron chi connectivity index (χ3n) is 4.81. The summed E-state index contributed by atoms with van der Waals surface area (Å²) in [6.45, 7) is 8.29. The van der Waals surface area contributed by atoms with Gasteiger partial charge in [0.2, 0.25) is 17.6 Å². The highest BCUT2D eigenvalue weighted by atomic mass is 16.6. The zero-order valence-corrected chi connectivity index (χ0v) is 16.0. The molecule has 1 aromatic heterocycles. The second-order valence-electron chi connectivity index (χ2n) is 7.55. The van der Waals surface area contributed by atoms with Crippen molar-refractivity contribution < 1.29 is 4.92 Å². The zero-order chi connectivity index (χ0) is 19.6. The van der Waals surface area contributed by atoms with Crippen molar-refractivity contribution >= 4 is 23.3 Å². The number of nitro groups is 1. The minimum Gasteiger partial charge on any atom is -0.378 e. The van der Waals surface area contributed by atoms with Crippen LogP contribution < -0.4 is 16.0 Å². The Morgan fingerprint density at radius 3 is 2.44 bits per heavy atom. The van der Waals surface area contributed by atoms with Gasteiger partial charge >= 0.3 is 5.69 Å². The molecule has 1 aliphatic rings. The fraction of sp³-hybridized carbons (Fsp3) is 0.474. The predicted octanol–water partition coefficient (Wildman–Crippen LogP) is 3.37. The van der Waals surface area contributed by atoms with Gasteiger partial charge in [0.25, 0.3) is 0 Å². The number of nitrogen functional groups attached to an aromatic ring is 1. The Labute approximate surface area is 159 Å². The number of nitrogens with zero attached hydrogens (tertiary/aromatic N) is 4. The number of nitrogens with one attached hydrogen (secondary N) is 1. The van der Waals surface area contributed by atoms with Crippen LogP contribution in [0.1, 0.15) is 31.4 Å². The summed E-state index contributed by atoms with van der Waals surface area (Å²) in [6.07, 6.45) is 1.10. The minimum absolute atomic E-state index is 0.109. The second kappa shape index (κ2) is 7.77. The van der Waals surface area contributed by atoms with Gasteiger partial charge in [-0.05, 0) is 30.7 Å². The summed E-state index contributed by atoms with van der Waals surface area (Å²) < 4.78 is 0. The normalized spacial score (nSPS) is 19.7. The maximum Gasteiger partial charge on any atom is 0.353 e. The molecular formula is C19H26N6O2. The summed E-state index contributed by atoms with van der Waals surface area (Å²) >= 11 is 0. The van der Waals surface area contributed by atoms with Crippen LogP contribution in [0.3, 0.4) is 0 Å². The fourth-order valence-corrected chi connectivity index (χ4v) is 3.66. The number of nitrogens with two attached hydrogens (primary N) is 1. The maximum absolute atomic E-state index is 11.6. The quantitative estimate of drug-likeness (QED) is 0.613. The molecule has 8 nitrogen and oxygen atoms in total. The smallest absolute Gasteiger partial charge is 0.353 e. The number of rotatable bonds is 5. The van der Waals surface area contributed by atoms with Crippen molar-refractivity contribution in [2.45, 2.75) is 33.7 Å². The molecule has 0 aliphatic carbocycles. The minimum atomic E-state index is -0.488. The van der Waals surface area contributed by atoms with Crippen molar-refractivity contribution in [1.82, 2.24) is 9.97 Å². The lowest BCUT2D eigenvalue weighted by atomic mass is 9.92. The van der Waals surface area contributed by atoms with Gasteiger partial charge in [-0.2, -0.15) is 9.97 Å². The molecule has 2 heterocycles. The van der Waals surface area contributed by atoms with Crippen molar-refractivity contribution in [3.63, 3.8) is 0 Å². The molecule has 1 fully saturated rings. The molecule has 8 heteroatoms. The number of aromatic nitrogens is 2. The van der Waals surface area contributed by atoms with E-state index in [1.807, 2.05) is 36.1 Å². The van der Waals surface area contributed by atoms with E-state index in [-0.39, 0.29) is 11.5 Å². The molecule has 144 valence electrons. The lowest BCUT2D eigenvalue weighted by Crippen LogP contribution is -2.39. The van der Waals surface area contributed by atoms with Crippen molar-refractivity contribution in [3.05, 3.63) is 45.5 Å². The highest BCUT2D eigenvalue weighted by molar-refractivity contribution is 5.71. The molecule has 3 N–H and O–H groups in total. The third-order valence-corrected chi connectivity index (χ3v) is 4.81. The summed E-state index contributed by atoms with van der Waals surface area (Å²) in [5.74, 6) is 1.38. The van der Waals surface area contributed by atoms with Crippen LogP contribution >= 0.6 is 0 Å². The lowest BCUT2D eigenvalue weighted by Gasteiger charge is -2.35. The Balaban J connectivity index is 1.88. The van der Waals surface area contributed by atoms with Gasteiger partial charge in [-0.3, -0.25) is 10.1 Å². The van der Waals surface area contributed by atoms with E-state index in [9.17, 15) is 10.1 Å². The Morgan fingerprint density at radius 2 is 1.85 bits per heavy atom. The number of aryl methyl sites for hydroxylation is 1. The number of piperidine rings is 1. The van der Waals surface area contributed by atoms with Gasteiger partial charge in [0.05, 0.1) is 4.92 Å². The Kier molecular flexibility index (Phi) is 5.43. The first-order valence-corrected chi connectivity index (χ1v) is 9.19. The van der Waals surface area contributed by atoms with Crippen LogP contribution in [0.2, 0.25) is 0 Å². The highest BCUT2D eigenvalue weighted by Crippen LogP contribution is 2.35. The third kappa shape index (κ3) is 4.45. The van der Waals surface area contributed by atoms with Gasteiger partial charge in [-0.1, -0.05) is 43.7 Å². The standard InChI is InChI=1S/C19H26N6O2/c1-12-4-6-15(7-5-12)9-21-19-22-17(20)16(25(26)27)18(23-19)24-10-13(2)8-14(3)11-24/h4-7,13-14H,8-11H2,1-3H3,(H3,20,21,22,23)/t13-,14-/m1/s1. The van der Waals surface area contributed by atoms with E-state index < -0.39 is 4.92 Å². The Bertz CT molecular complexity index is 814. The molecule has 0 saturated carbocycles. The Morgan fingerprint density at radius 1 is 1.22 bits per heavy atom. The highest BCUT2D eigenvalue weighted by Gasteiger charge is 2.31. The number of anilines is 3. The van der Waals surface area contributed by atoms with Crippen molar-refractivity contribution in [1.29, 1.82) is 0 Å². The first-order chi connectivity index (χ1) is 12.8. The number of hydrogen-bond donors (Lipinski definition) is 2. The molecule has 0 amide bonds. The van der Waals surface area contributed by atoms with E-state index in [1.165, 1.54) is 5.56 Å². The topological polar surface area (TPSA) is 110 Å². The largest absolute Gasteiger partial charge is 0.378 e. The molecule has 2 aromatic rings. The molecule has 1 aliphatic heterocycles. The van der Waals surface area contributed by atoms with Gasteiger partial charge in [0.1, 0.15) is 0 Å². The molecule has 27 heavy (non-hydrogen) atoms. The summed E-state index contributed by atoms with van der Waals surface area (Å²) in [6, 6.07) is 8.10. The van der Waals surface area contributed by atoms with Gasteiger partial charge in [0.15, 0.2) is 0 Å². The molecule has 0 spiro atoms. The summed E-state index contributed by atoms with van der Waals surface area (Å²) in [5, 5.41) is 14.7. The van der Waals surface area contributed by atoms with Gasteiger partial charge in [0, 0.05) is 19.6 Å². The van der Waals surface area contributed by atoms with Crippen LogP contribution in [-0.4, -0.2) is 28.0 Å². The first-order valence-electron chi connectivity index (χ1n) is 9.19. The summed E-state index contributed by atoms with van der Waals surface area (Å²) in [4.78, 5) is 21.6. The summed E-state index contributed by atoms with van der Waals surface area (Å²) in [5.41, 5.74) is 7.98. The molecule has 0 bridgehead atoms. The van der Waals surface area contributed by atoms with Gasteiger partial charge in [-0.25, -0.2) is 0 Å². The molecule has 0 unspecified atom stereocenters. The monoisotopic (exact) mass is 370 g/mol. The van der Waals surface area contributed by atoms with Crippen LogP contribution in [0.25, 0.3) is 0 Å². The fourth-order valence-electron chi connectivity index (χ4n) is 3.66. The zero-order valence-electron chi connectivity index (χ0n) is 16.0. The average molecular weight is 370 g/mol. The van der Waals surface area contributed by atoms with Crippen LogP contribution in [0.15, 0.2) is 24.3 Å². The lowest BCUT2D eigenvalue weighted by molar-refractivity contribution is -0.383.